The van der Waals surface area contributed by atoms with E-state index in [9.17, 15) is 34.1 Å². The summed E-state index contributed by atoms with van der Waals surface area (Å²) in [6.45, 7) is 0.691. The third-order valence-electron chi connectivity index (χ3n) is 6.50. The molecule has 1 aromatic heterocycles. The monoisotopic (exact) mass is 543 g/mol. The maximum Gasteiger partial charge on any atom is 0.251 e. The molecule has 0 radical (unpaired) electrons. The molecule has 202 valence electrons. The molecular formula is C26H29N3O8S. The van der Waals surface area contributed by atoms with Crippen molar-refractivity contribution in [2.24, 2.45) is 0 Å². The van der Waals surface area contributed by atoms with E-state index in [4.69, 9.17) is 9.15 Å². The van der Waals surface area contributed by atoms with E-state index in [1.54, 1.807) is 18.2 Å². The van der Waals surface area contributed by atoms with Crippen LogP contribution in [0.3, 0.4) is 0 Å². The molecule has 1 saturated heterocycles. The minimum absolute atomic E-state index is 0.00263. The van der Waals surface area contributed by atoms with Gasteiger partial charge in [0.05, 0.1) is 6.61 Å². The van der Waals surface area contributed by atoms with Crippen molar-refractivity contribution in [1.29, 1.82) is 5.26 Å². The van der Waals surface area contributed by atoms with Crippen LogP contribution in [0.25, 0.3) is 27.7 Å². The van der Waals surface area contributed by atoms with E-state index in [0.29, 0.717) is 5.76 Å². The molecule has 5 N–H and O–H groups in total. The van der Waals surface area contributed by atoms with Gasteiger partial charge in [-0.05, 0) is 48.0 Å². The fourth-order valence-electron chi connectivity index (χ4n) is 4.28. The van der Waals surface area contributed by atoms with Crippen LogP contribution < -0.4 is 9.62 Å². The van der Waals surface area contributed by atoms with E-state index in [1.165, 1.54) is 6.92 Å². The Kier molecular flexibility index (Phi) is 7.91. The van der Waals surface area contributed by atoms with Crippen molar-refractivity contribution in [3.63, 3.8) is 0 Å². The number of fused-ring (bicyclic) bond motifs is 1. The van der Waals surface area contributed by atoms with E-state index in [2.05, 4.69) is 6.07 Å². The lowest BCUT2D eigenvalue weighted by molar-refractivity contribution is -0.251. The molecule has 0 amide bonds. The largest absolute Gasteiger partial charge is 0.456 e. The number of aliphatic hydroxyl groups is 4. The van der Waals surface area contributed by atoms with Crippen molar-refractivity contribution in [1.82, 2.24) is 4.72 Å². The summed E-state index contributed by atoms with van der Waals surface area (Å²) >= 11 is 0. The van der Waals surface area contributed by atoms with Crippen LogP contribution in [0.2, 0.25) is 0 Å². The zero-order chi connectivity index (χ0) is 27.8. The number of aliphatic hydroxyl groups excluding tert-OH is 4. The number of hydrogen-bond acceptors (Lipinski definition) is 10. The predicted molar refractivity (Wildman–Crippen MR) is 140 cm³/mol. The van der Waals surface area contributed by atoms with E-state index in [1.807, 2.05) is 54.0 Å². The molecule has 1 unspecified atom stereocenters. The topological polar surface area (TPSA) is 176 Å². The van der Waals surface area contributed by atoms with E-state index < -0.39 is 52.2 Å². The number of anilines is 1. The van der Waals surface area contributed by atoms with Crippen LogP contribution in [-0.4, -0.2) is 80.2 Å². The molecule has 2 heterocycles. The fraction of sp³-hybridized carbons (Fsp3) is 0.346. The molecule has 0 bridgehead atoms. The van der Waals surface area contributed by atoms with Gasteiger partial charge in [-0.2, -0.15) is 9.98 Å². The summed E-state index contributed by atoms with van der Waals surface area (Å²) in [5.41, 5.74) is 1.82. The van der Waals surface area contributed by atoms with Gasteiger partial charge in [-0.1, -0.05) is 18.2 Å². The lowest BCUT2D eigenvalue weighted by Gasteiger charge is -2.40. The van der Waals surface area contributed by atoms with Crippen LogP contribution in [-0.2, 0) is 14.8 Å². The summed E-state index contributed by atoms with van der Waals surface area (Å²) in [5, 5.41) is 51.4. The maximum atomic E-state index is 13.0. The van der Waals surface area contributed by atoms with Crippen molar-refractivity contribution in [3.8, 4) is 17.4 Å². The second-order valence-corrected chi connectivity index (χ2v) is 10.9. The summed E-state index contributed by atoms with van der Waals surface area (Å²) in [5.74, 6) is 0.594. The Morgan fingerprint density at radius 2 is 1.74 bits per heavy atom. The van der Waals surface area contributed by atoms with Gasteiger partial charge in [-0.25, -0.2) is 8.42 Å². The number of rotatable bonds is 7. The molecule has 5 atom stereocenters. The molecule has 1 aliphatic rings. The average Bonchev–Trinajstić information content (AvgIpc) is 3.38. The third kappa shape index (κ3) is 5.31. The van der Waals surface area contributed by atoms with Crippen molar-refractivity contribution in [3.05, 3.63) is 59.2 Å². The number of nitrogens with zero attached hydrogens (tertiary/aromatic N) is 2. The number of nitrogens with one attached hydrogen (secondary N) is 1. The molecule has 1 fully saturated rings. The summed E-state index contributed by atoms with van der Waals surface area (Å²) in [6, 6.07) is 15.0. The van der Waals surface area contributed by atoms with Crippen molar-refractivity contribution < 1.29 is 38.0 Å². The van der Waals surface area contributed by atoms with Gasteiger partial charge < -0.3 is 34.5 Å². The van der Waals surface area contributed by atoms with E-state index in [-0.39, 0.29) is 11.3 Å². The molecule has 12 heteroatoms. The molecule has 0 saturated carbocycles. The number of allylic oxidation sites excluding steroid dienone is 2. The molecule has 0 spiro atoms. The van der Waals surface area contributed by atoms with Gasteiger partial charge in [0.15, 0.2) is 11.2 Å². The first-order valence-corrected chi connectivity index (χ1v) is 13.2. The Labute approximate surface area is 219 Å². The molecule has 3 aromatic rings. The maximum absolute atomic E-state index is 13.0. The Morgan fingerprint density at radius 3 is 2.39 bits per heavy atom. The lowest BCUT2D eigenvalue weighted by Crippen LogP contribution is -2.64. The second kappa shape index (κ2) is 10.8. The lowest BCUT2D eigenvalue weighted by atomic mass is 9.98. The second-order valence-electron chi connectivity index (χ2n) is 9.25. The summed E-state index contributed by atoms with van der Waals surface area (Å²) in [6.07, 6.45) is -6.66. The minimum atomic E-state index is -4.60. The van der Waals surface area contributed by atoms with Crippen LogP contribution in [0, 0.1) is 11.3 Å². The summed E-state index contributed by atoms with van der Waals surface area (Å²) in [7, 11) is -0.672. The highest BCUT2D eigenvalue weighted by atomic mass is 32.2. The number of sulfonamides is 1. The predicted octanol–water partition coefficient (Wildman–Crippen LogP) is 1.14. The first-order chi connectivity index (χ1) is 18.0. The normalized spacial score (nSPS) is 24.6. The standard InChI is InChI=1S/C26H29N3O8S/c1-14(22(12-27)38(34,35)28-23-25(32)24(31)21(13-30)37-26(23)33)19-8-9-20(36-19)17-5-4-16-11-18(29(2)3)7-6-15(16)10-17/h4-11,21,23-26,28,30-33H,13H2,1-3H3/b22-14+/t21-,23-,24-,25-,26?/m1/s1. The Balaban J connectivity index is 1.61. The van der Waals surface area contributed by atoms with Gasteiger partial charge in [-0.15, -0.1) is 0 Å². The quantitative estimate of drug-likeness (QED) is 0.272. The zero-order valence-electron chi connectivity index (χ0n) is 20.9. The average molecular weight is 544 g/mol. The van der Waals surface area contributed by atoms with Gasteiger partial charge in [0.1, 0.15) is 41.9 Å². The molecule has 2 aromatic carbocycles. The van der Waals surface area contributed by atoms with Crippen molar-refractivity contribution in [2.75, 3.05) is 25.6 Å². The number of benzene rings is 2. The first kappa shape index (κ1) is 27.7. The van der Waals surface area contributed by atoms with Gasteiger partial charge in [0.2, 0.25) is 0 Å². The van der Waals surface area contributed by atoms with Crippen LogP contribution in [0.1, 0.15) is 12.7 Å². The number of ether oxygens (including phenoxy) is 1. The number of nitriles is 1. The van der Waals surface area contributed by atoms with Crippen molar-refractivity contribution in [2.45, 2.75) is 37.6 Å². The highest BCUT2D eigenvalue weighted by molar-refractivity contribution is 7.93. The Bertz CT molecular complexity index is 1510. The Morgan fingerprint density at radius 1 is 1.05 bits per heavy atom. The summed E-state index contributed by atoms with van der Waals surface area (Å²) in [4.78, 5) is 1.31. The first-order valence-electron chi connectivity index (χ1n) is 11.7. The molecule has 1 aliphatic heterocycles. The molecule has 0 aliphatic carbocycles. The SMILES string of the molecule is C/C(=C(/C#N)S(=O)(=O)N[C@H]1C(O)O[C@H](CO)[C@@H](O)[C@@H]1O)c1ccc(-c2ccc3cc(N(C)C)ccc3c2)o1. The van der Waals surface area contributed by atoms with Crippen molar-refractivity contribution >= 4 is 32.1 Å². The van der Waals surface area contributed by atoms with Gasteiger partial charge in [0, 0.05) is 30.9 Å². The molecule has 38 heavy (non-hydrogen) atoms. The smallest absolute Gasteiger partial charge is 0.251 e. The Hall–Kier alpha value is -3.28. The zero-order valence-corrected chi connectivity index (χ0v) is 21.8. The molecule has 11 nitrogen and oxygen atoms in total. The summed E-state index contributed by atoms with van der Waals surface area (Å²) < 4.78 is 39.0. The van der Waals surface area contributed by atoms with Crippen LogP contribution in [0.5, 0.6) is 0 Å². The van der Waals surface area contributed by atoms with Gasteiger partial charge in [0.25, 0.3) is 10.0 Å². The van der Waals surface area contributed by atoms with E-state index in [0.717, 1.165) is 22.0 Å². The van der Waals surface area contributed by atoms with Crippen LogP contribution in [0.15, 0.2) is 57.9 Å². The number of hydrogen-bond donors (Lipinski definition) is 5. The van der Waals surface area contributed by atoms with E-state index >= 15 is 0 Å². The highest BCUT2D eigenvalue weighted by Gasteiger charge is 2.45. The minimum Gasteiger partial charge on any atom is -0.456 e. The van der Waals surface area contributed by atoms with Gasteiger partial charge >= 0.3 is 0 Å². The highest BCUT2D eigenvalue weighted by Crippen LogP contribution is 2.32. The van der Waals surface area contributed by atoms with Crippen LogP contribution >= 0.6 is 0 Å². The third-order valence-corrected chi connectivity index (χ3v) is 8.02. The molecular weight excluding hydrogens is 514 g/mol. The fourth-order valence-corrected chi connectivity index (χ4v) is 5.63. The van der Waals surface area contributed by atoms with Crippen LogP contribution in [0.4, 0.5) is 5.69 Å². The number of furan rings is 1. The molecule has 4 rings (SSSR count). The van der Waals surface area contributed by atoms with Gasteiger partial charge in [-0.3, -0.25) is 0 Å².